The van der Waals surface area contributed by atoms with Crippen LogP contribution in [-0.4, -0.2) is 82.4 Å². The molecule has 40 heavy (non-hydrogen) atoms. The number of amides is 2. The first kappa shape index (κ1) is 36.5. The number of hydrogen-bond donors (Lipinski definition) is 2. The highest BCUT2D eigenvalue weighted by Gasteiger charge is 2.31. The van der Waals surface area contributed by atoms with Gasteiger partial charge < -0.3 is 29.3 Å². The van der Waals surface area contributed by atoms with Gasteiger partial charge in [0.25, 0.3) is 0 Å². The summed E-state index contributed by atoms with van der Waals surface area (Å²) in [7, 11) is 3.75. The van der Waals surface area contributed by atoms with Crippen molar-refractivity contribution in [1.29, 1.82) is 0 Å². The number of quaternary nitrogens is 1. The van der Waals surface area contributed by atoms with Crippen molar-refractivity contribution in [1.82, 2.24) is 10.6 Å². The molecule has 1 heterocycles. The van der Waals surface area contributed by atoms with Gasteiger partial charge in [0, 0.05) is 13.7 Å². The molecule has 0 aromatic rings. The first-order valence-corrected chi connectivity index (χ1v) is 16.6. The third kappa shape index (κ3) is 19.5. The topological polar surface area (TPSA) is 85.9 Å². The molecule has 2 N–H and O–H groups in total. The summed E-state index contributed by atoms with van der Waals surface area (Å²) in [6, 6.07) is 0.124. The van der Waals surface area contributed by atoms with Gasteiger partial charge in [0.2, 0.25) is 0 Å². The Morgan fingerprint density at radius 2 is 1.27 bits per heavy atom. The van der Waals surface area contributed by atoms with E-state index in [1.165, 1.54) is 97.0 Å². The van der Waals surface area contributed by atoms with E-state index in [-0.39, 0.29) is 19.3 Å². The average molecular weight is 571 g/mol. The molecule has 2 amide bonds. The zero-order chi connectivity index (χ0) is 29.3. The maximum atomic E-state index is 12.2. The summed E-state index contributed by atoms with van der Waals surface area (Å²) in [5.74, 6) is 0. The lowest BCUT2D eigenvalue weighted by Gasteiger charge is -2.40. The standard InChI is InChI=1S/C32H63N3O5/c1-5-7-8-9-10-11-12-13-14-15-16-17-18-19-20-21-24-33-31(36)39-27-30(38-4)28-40-32(37)34-29-23-22-25-35(3,6-2)26-29/h29-30H,5-28H2,1-4H3,(H-,33,34,36,37)/p+1. The summed E-state index contributed by atoms with van der Waals surface area (Å²) >= 11 is 0. The summed E-state index contributed by atoms with van der Waals surface area (Å²) in [5.41, 5.74) is 0. The molecule has 0 bridgehead atoms. The minimum absolute atomic E-state index is 0.0430. The zero-order valence-electron chi connectivity index (χ0n) is 26.6. The van der Waals surface area contributed by atoms with E-state index in [0.29, 0.717) is 6.54 Å². The fourth-order valence-electron chi connectivity index (χ4n) is 5.48. The monoisotopic (exact) mass is 570 g/mol. The molecule has 0 radical (unpaired) electrons. The fraction of sp³-hybridized carbons (Fsp3) is 0.938. The highest BCUT2D eigenvalue weighted by atomic mass is 16.6. The second-order valence-corrected chi connectivity index (χ2v) is 12.1. The number of ether oxygens (including phenoxy) is 3. The van der Waals surface area contributed by atoms with Gasteiger partial charge in [-0.05, 0) is 26.2 Å². The van der Waals surface area contributed by atoms with E-state index in [1.807, 2.05) is 0 Å². The van der Waals surface area contributed by atoms with Crippen molar-refractivity contribution in [2.45, 2.75) is 142 Å². The number of likely N-dealkylation sites (N-methyl/N-ethyl adjacent to an activating group) is 1. The maximum absolute atomic E-state index is 12.2. The van der Waals surface area contributed by atoms with Crippen molar-refractivity contribution in [3.05, 3.63) is 0 Å². The van der Waals surface area contributed by atoms with Gasteiger partial charge in [-0.3, -0.25) is 0 Å². The third-order valence-corrected chi connectivity index (χ3v) is 8.43. The molecule has 3 atom stereocenters. The molecule has 8 heteroatoms. The second-order valence-electron chi connectivity index (χ2n) is 12.1. The molecule has 1 rings (SSSR count). The number of methoxy groups -OCH3 is 1. The Morgan fingerprint density at radius 3 is 1.77 bits per heavy atom. The predicted octanol–water partition coefficient (Wildman–Crippen LogP) is 7.34. The Labute approximate surface area is 246 Å². The largest absolute Gasteiger partial charge is 0.447 e. The highest BCUT2D eigenvalue weighted by molar-refractivity contribution is 5.68. The Morgan fingerprint density at radius 1 is 0.775 bits per heavy atom. The normalized spacial score (nSPS) is 19.6. The number of likely N-dealkylation sites (tertiary alicyclic amines) is 1. The van der Waals surface area contributed by atoms with Gasteiger partial charge in [-0.1, -0.05) is 103 Å². The first-order chi connectivity index (χ1) is 19.4. The summed E-state index contributed by atoms with van der Waals surface area (Å²) in [6.45, 7) is 8.28. The number of nitrogens with one attached hydrogen (secondary N) is 2. The number of carbonyl (C=O) groups excluding carboxylic acids is 2. The molecule has 8 nitrogen and oxygen atoms in total. The van der Waals surface area contributed by atoms with Gasteiger partial charge in [-0.2, -0.15) is 0 Å². The molecule has 3 unspecified atom stereocenters. The van der Waals surface area contributed by atoms with Crippen molar-refractivity contribution in [3.63, 3.8) is 0 Å². The summed E-state index contributed by atoms with van der Waals surface area (Å²) in [4.78, 5) is 24.2. The average Bonchev–Trinajstić information content (AvgIpc) is 2.94. The predicted molar refractivity (Wildman–Crippen MR) is 164 cm³/mol. The number of alkyl carbamates (subject to hydrolysis) is 2. The quantitative estimate of drug-likeness (QED) is 0.0936. The van der Waals surface area contributed by atoms with E-state index in [2.05, 4.69) is 31.5 Å². The SMILES string of the molecule is CCCCCCCCCCCCCCCCCCNC(=O)OCC(COC(=O)NC1CCC[N+](C)(CC)C1)OC. The Hall–Kier alpha value is -1.54. The first-order valence-electron chi connectivity index (χ1n) is 16.6. The van der Waals surface area contributed by atoms with Crippen LogP contribution in [0.3, 0.4) is 0 Å². The number of unbranched alkanes of at least 4 members (excludes halogenated alkanes) is 15. The smallest absolute Gasteiger partial charge is 0.407 e. The number of carbonyl (C=O) groups is 2. The van der Waals surface area contributed by atoms with Crippen LogP contribution in [0.15, 0.2) is 0 Å². The Balaban J connectivity index is 1.93. The van der Waals surface area contributed by atoms with Gasteiger partial charge >= 0.3 is 12.2 Å². The van der Waals surface area contributed by atoms with Crippen molar-refractivity contribution in [3.8, 4) is 0 Å². The van der Waals surface area contributed by atoms with Crippen molar-refractivity contribution >= 4 is 12.2 Å². The van der Waals surface area contributed by atoms with Crippen LogP contribution in [0.5, 0.6) is 0 Å². The lowest BCUT2D eigenvalue weighted by atomic mass is 10.0. The molecule has 0 aliphatic carbocycles. The van der Waals surface area contributed by atoms with Crippen LogP contribution in [0.25, 0.3) is 0 Å². The molecule has 236 valence electrons. The summed E-state index contributed by atoms with van der Waals surface area (Å²) < 4.78 is 16.9. The molecular formula is C32H64N3O5+. The van der Waals surface area contributed by atoms with Crippen molar-refractivity contribution < 1.29 is 28.3 Å². The van der Waals surface area contributed by atoms with Crippen LogP contribution in [0.2, 0.25) is 0 Å². The minimum atomic E-state index is -0.491. The zero-order valence-corrected chi connectivity index (χ0v) is 26.6. The molecule has 0 spiro atoms. The van der Waals surface area contributed by atoms with Crippen molar-refractivity contribution in [2.24, 2.45) is 0 Å². The van der Waals surface area contributed by atoms with Crippen LogP contribution >= 0.6 is 0 Å². The maximum Gasteiger partial charge on any atom is 0.407 e. The summed E-state index contributed by atoms with van der Waals surface area (Å²) in [6.07, 6.45) is 22.0. The molecular weight excluding hydrogens is 506 g/mol. The van der Waals surface area contributed by atoms with Crippen molar-refractivity contribution in [2.75, 3.05) is 53.6 Å². The molecule has 1 saturated heterocycles. The lowest BCUT2D eigenvalue weighted by molar-refractivity contribution is -0.913. The Bertz CT molecular complexity index is 636. The number of rotatable bonds is 24. The van der Waals surface area contributed by atoms with Gasteiger partial charge in [0.1, 0.15) is 19.3 Å². The molecule has 1 aliphatic heterocycles. The number of nitrogens with zero attached hydrogens (tertiary/aromatic N) is 1. The molecule has 0 aromatic heterocycles. The van der Waals surface area contributed by atoms with E-state index in [9.17, 15) is 9.59 Å². The van der Waals surface area contributed by atoms with E-state index < -0.39 is 18.3 Å². The number of hydrogen-bond acceptors (Lipinski definition) is 5. The number of piperidine rings is 1. The van der Waals surface area contributed by atoms with Crippen LogP contribution in [-0.2, 0) is 14.2 Å². The van der Waals surface area contributed by atoms with E-state index in [4.69, 9.17) is 14.2 Å². The Kier molecular flexibility index (Phi) is 22.0. The van der Waals surface area contributed by atoms with E-state index >= 15 is 0 Å². The van der Waals surface area contributed by atoms with E-state index in [1.54, 1.807) is 0 Å². The molecule has 0 saturated carbocycles. The molecule has 1 fully saturated rings. The van der Waals surface area contributed by atoms with E-state index in [0.717, 1.165) is 49.8 Å². The van der Waals surface area contributed by atoms with Gasteiger partial charge in [-0.25, -0.2) is 9.59 Å². The van der Waals surface area contributed by atoms with Gasteiger partial charge in [0.05, 0.1) is 32.7 Å². The van der Waals surface area contributed by atoms with Crippen LogP contribution in [0.4, 0.5) is 9.59 Å². The summed E-state index contributed by atoms with van der Waals surface area (Å²) in [5, 5.41) is 5.78. The van der Waals surface area contributed by atoms with Crippen LogP contribution in [0, 0.1) is 0 Å². The van der Waals surface area contributed by atoms with Crippen LogP contribution in [0.1, 0.15) is 129 Å². The third-order valence-electron chi connectivity index (χ3n) is 8.43. The lowest BCUT2D eigenvalue weighted by Crippen LogP contribution is -2.57. The second kappa shape index (κ2) is 24.1. The fourth-order valence-corrected chi connectivity index (χ4v) is 5.48. The minimum Gasteiger partial charge on any atom is -0.447 e. The highest BCUT2D eigenvalue weighted by Crippen LogP contribution is 2.17. The van der Waals surface area contributed by atoms with Crippen LogP contribution < -0.4 is 10.6 Å². The molecule has 1 aliphatic rings. The molecule has 0 aromatic carbocycles. The van der Waals surface area contributed by atoms with Gasteiger partial charge in [-0.15, -0.1) is 0 Å². The van der Waals surface area contributed by atoms with Gasteiger partial charge in [0.15, 0.2) is 0 Å².